The molecule has 4 rings (SSSR count). The highest BCUT2D eigenvalue weighted by Gasteiger charge is 2.29. The summed E-state index contributed by atoms with van der Waals surface area (Å²) >= 11 is 1.69. The molecule has 1 aliphatic carbocycles. The number of fused-ring (bicyclic) bond motifs is 1. The fraction of sp³-hybridized carbons (Fsp3) is 0.250. The van der Waals surface area contributed by atoms with Crippen molar-refractivity contribution in [2.24, 2.45) is 0 Å². The predicted molar refractivity (Wildman–Crippen MR) is 84.3 cm³/mol. The summed E-state index contributed by atoms with van der Waals surface area (Å²) in [5.74, 6) is 1.07. The maximum Gasteiger partial charge on any atom is 0.141 e. The Bertz CT molecular complexity index is 747. The van der Waals surface area contributed by atoms with Crippen LogP contribution < -0.4 is 4.90 Å². The highest BCUT2D eigenvalue weighted by molar-refractivity contribution is 7.17. The SMILES string of the molecule is CN(c1ncnc2scc(-c3ccccc3)c12)C1CC1. The molecule has 0 N–H and O–H groups in total. The van der Waals surface area contributed by atoms with E-state index in [-0.39, 0.29) is 0 Å². The van der Waals surface area contributed by atoms with Gasteiger partial charge in [-0.3, -0.25) is 0 Å². The van der Waals surface area contributed by atoms with Crippen molar-refractivity contribution in [2.75, 3.05) is 11.9 Å². The Kier molecular flexibility index (Phi) is 2.70. The van der Waals surface area contributed by atoms with Crippen LogP contribution in [0.15, 0.2) is 42.0 Å². The molecular weight excluding hydrogens is 266 g/mol. The largest absolute Gasteiger partial charge is 0.356 e. The van der Waals surface area contributed by atoms with Gasteiger partial charge < -0.3 is 4.90 Å². The fourth-order valence-electron chi connectivity index (χ4n) is 2.59. The van der Waals surface area contributed by atoms with Gasteiger partial charge in [0.1, 0.15) is 17.0 Å². The molecule has 0 spiro atoms. The Morgan fingerprint density at radius 1 is 1.15 bits per heavy atom. The number of thiophene rings is 1. The van der Waals surface area contributed by atoms with Crippen molar-refractivity contribution in [3.8, 4) is 11.1 Å². The number of rotatable bonds is 3. The molecule has 0 amide bonds. The lowest BCUT2D eigenvalue weighted by molar-refractivity contribution is 0.895. The summed E-state index contributed by atoms with van der Waals surface area (Å²) in [7, 11) is 2.14. The van der Waals surface area contributed by atoms with Gasteiger partial charge in [0.15, 0.2) is 0 Å². The van der Waals surface area contributed by atoms with Crippen molar-refractivity contribution in [3.63, 3.8) is 0 Å². The Labute approximate surface area is 121 Å². The molecule has 20 heavy (non-hydrogen) atoms. The van der Waals surface area contributed by atoms with Crippen molar-refractivity contribution in [1.82, 2.24) is 9.97 Å². The van der Waals surface area contributed by atoms with Gasteiger partial charge >= 0.3 is 0 Å². The summed E-state index contributed by atoms with van der Waals surface area (Å²) in [6, 6.07) is 11.1. The van der Waals surface area contributed by atoms with Gasteiger partial charge in [0.2, 0.25) is 0 Å². The van der Waals surface area contributed by atoms with Crippen LogP contribution in [0.4, 0.5) is 5.82 Å². The van der Waals surface area contributed by atoms with Crippen molar-refractivity contribution >= 4 is 27.4 Å². The second kappa shape index (κ2) is 4.56. The van der Waals surface area contributed by atoms with E-state index < -0.39 is 0 Å². The van der Waals surface area contributed by atoms with Crippen LogP contribution in [0.1, 0.15) is 12.8 Å². The van der Waals surface area contributed by atoms with Crippen LogP contribution in [0.25, 0.3) is 21.3 Å². The molecule has 0 radical (unpaired) electrons. The summed E-state index contributed by atoms with van der Waals surface area (Å²) in [5.41, 5.74) is 2.48. The van der Waals surface area contributed by atoms with E-state index in [2.05, 4.69) is 51.6 Å². The van der Waals surface area contributed by atoms with Crippen LogP contribution >= 0.6 is 11.3 Å². The smallest absolute Gasteiger partial charge is 0.141 e. The van der Waals surface area contributed by atoms with Crippen molar-refractivity contribution in [3.05, 3.63) is 42.0 Å². The van der Waals surface area contributed by atoms with Crippen molar-refractivity contribution in [2.45, 2.75) is 18.9 Å². The molecule has 3 aromatic rings. The summed E-state index contributed by atoms with van der Waals surface area (Å²) in [6.45, 7) is 0. The van der Waals surface area contributed by atoms with Gasteiger partial charge in [-0.1, -0.05) is 30.3 Å². The van der Waals surface area contributed by atoms with Crippen LogP contribution in [-0.2, 0) is 0 Å². The number of aromatic nitrogens is 2. The van der Waals surface area contributed by atoms with E-state index in [1.165, 1.54) is 29.4 Å². The minimum absolute atomic E-state index is 0.650. The number of hydrogen-bond acceptors (Lipinski definition) is 4. The molecule has 0 saturated heterocycles. The van der Waals surface area contributed by atoms with Crippen LogP contribution in [-0.4, -0.2) is 23.1 Å². The molecule has 4 heteroatoms. The molecule has 0 bridgehead atoms. The maximum atomic E-state index is 4.55. The van der Waals surface area contributed by atoms with E-state index in [4.69, 9.17) is 0 Å². The Morgan fingerprint density at radius 2 is 1.95 bits per heavy atom. The third kappa shape index (κ3) is 1.88. The van der Waals surface area contributed by atoms with Crippen molar-refractivity contribution in [1.29, 1.82) is 0 Å². The highest BCUT2D eigenvalue weighted by Crippen LogP contribution is 2.40. The van der Waals surface area contributed by atoms with Crippen LogP contribution in [0, 0.1) is 0 Å². The molecule has 1 aliphatic rings. The average molecular weight is 281 g/mol. The Balaban J connectivity index is 1.94. The zero-order chi connectivity index (χ0) is 13.5. The van der Waals surface area contributed by atoms with Gasteiger partial charge in [0.05, 0.1) is 5.39 Å². The van der Waals surface area contributed by atoms with E-state index >= 15 is 0 Å². The van der Waals surface area contributed by atoms with E-state index in [9.17, 15) is 0 Å². The summed E-state index contributed by atoms with van der Waals surface area (Å²) in [6.07, 6.45) is 4.22. The fourth-order valence-corrected chi connectivity index (χ4v) is 3.50. The van der Waals surface area contributed by atoms with E-state index in [0.29, 0.717) is 6.04 Å². The van der Waals surface area contributed by atoms with E-state index in [0.717, 1.165) is 10.6 Å². The van der Waals surface area contributed by atoms with Crippen LogP contribution in [0.3, 0.4) is 0 Å². The molecule has 100 valence electrons. The molecule has 0 unspecified atom stereocenters. The monoisotopic (exact) mass is 281 g/mol. The van der Waals surface area contributed by atoms with Gasteiger partial charge in [-0.2, -0.15) is 0 Å². The maximum absolute atomic E-state index is 4.55. The number of anilines is 1. The van der Waals surface area contributed by atoms with Gasteiger partial charge in [-0.05, 0) is 18.4 Å². The first-order chi connectivity index (χ1) is 9.84. The van der Waals surface area contributed by atoms with Crippen molar-refractivity contribution < 1.29 is 0 Å². The normalized spacial score (nSPS) is 14.7. The Morgan fingerprint density at radius 3 is 2.70 bits per heavy atom. The van der Waals surface area contributed by atoms with E-state index in [1.54, 1.807) is 17.7 Å². The zero-order valence-corrected chi connectivity index (χ0v) is 12.1. The quantitative estimate of drug-likeness (QED) is 0.727. The van der Waals surface area contributed by atoms with E-state index in [1.807, 2.05) is 6.07 Å². The zero-order valence-electron chi connectivity index (χ0n) is 11.3. The highest BCUT2D eigenvalue weighted by atomic mass is 32.1. The molecule has 1 aromatic carbocycles. The molecule has 3 nitrogen and oxygen atoms in total. The molecule has 1 fully saturated rings. The second-order valence-corrected chi connectivity index (χ2v) is 6.09. The minimum atomic E-state index is 0.650. The molecule has 1 saturated carbocycles. The molecule has 2 aromatic heterocycles. The first kappa shape index (κ1) is 11.9. The third-order valence-corrected chi connectivity index (χ3v) is 4.75. The van der Waals surface area contributed by atoms with Crippen LogP contribution in [0.5, 0.6) is 0 Å². The lowest BCUT2D eigenvalue weighted by Crippen LogP contribution is -2.20. The van der Waals surface area contributed by atoms with Gasteiger partial charge in [-0.25, -0.2) is 9.97 Å². The first-order valence-corrected chi connectivity index (χ1v) is 7.73. The number of benzene rings is 1. The predicted octanol–water partition coefficient (Wildman–Crippen LogP) is 3.96. The molecule has 0 aliphatic heterocycles. The van der Waals surface area contributed by atoms with Gasteiger partial charge in [0.25, 0.3) is 0 Å². The minimum Gasteiger partial charge on any atom is -0.356 e. The van der Waals surface area contributed by atoms with Gasteiger partial charge in [0, 0.05) is 24.0 Å². The average Bonchev–Trinajstić information content (AvgIpc) is 3.26. The standard InChI is InChI=1S/C16H15N3S/c1-19(12-7-8-12)15-14-13(11-5-3-2-4-6-11)9-20-16(14)18-10-17-15/h2-6,9-10,12H,7-8H2,1H3. The summed E-state index contributed by atoms with van der Waals surface area (Å²) in [5, 5.41) is 3.39. The lowest BCUT2D eigenvalue weighted by atomic mass is 10.1. The lowest BCUT2D eigenvalue weighted by Gasteiger charge is -2.18. The topological polar surface area (TPSA) is 29.0 Å². The number of nitrogens with zero attached hydrogens (tertiary/aromatic N) is 3. The molecular formula is C16H15N3S. The van der Waals surface area contributed by atoms with Crippen LogP contribution in [0.2, 0.25) is 0 Å². The van der Waals surface area contributed by atoms with Gasteiger partial charge in [-0.15, -0.1) is 11.3 Å². The summed E-state index contributed by atoms with van der Waals surface area (Å²) < 4.78 is 0. The second-order valence-electron chi connectivity index (χ2n) is 5.23. The first-order valence-electron chi connectivity index (χ1n) is 6.85. The summed E-state index contributed by atoms with van der Waals surface area (Å²) in [4.78, 5) is 12.4. The molecule has 2 heterocycles. The Hall–Kier alpha value is -1.94. The molecule has 0 atom stereocenters. The third-order valence-electron chi connectivity index (χ3n) is 3.86. The number of hydrogen-bond donors (Lipinski definition) is 0.